The largest absolute Gasteiger partial charge is 0.318 e. The number of aromatic nitrogens is 2. The molecule has 1 aromatic carbocycles. The van der Waals surface area contributed by atoms with Gasteiger partial charge in [-0.3, -0.25) is 0 Å². The third kappa shape index (κ3) is 2.19. The zero-order chi connectivity index (χ0) is 12.5. The van der Waals surface area contributed by atoms with Gasteiger partial charge in [0.1, 0.15) is 6.33 Å². The lowest BCUT2D eigenvalue weighted by molar-refractivity contribution is 0.592. The summed E-state index contributed by atoms with van der Waals surface area (Å²) in [4.78, 5) is 8.07. The van der Waals surface area contributed by atoms with Crippen LogP contribution in [-0.4, -0.2) is 9.97 Å². The van der Waals surface area contributed by atoms with Gasteiger partial charge in [-0.1, -0.05) is 23.8 Å². The van der Waals surface area contributed by atoms with E-state index in [9.17, 15) is 0 Å². The molecule has 3 nitrogen and oxygen atoms in total. The molecule has 88 valence electrons. The van der Waals surface area contributed by atoms with E-state index in [4.69, 9.17) is 5.73 Å². The molecule has 1 aromatic heterocycles. The van der Waals surface area contributed by atoms with Gasteiger partial charge in [0.15, 0.2) is 0 Å². The molecule has 2 aromatic rings. The fraction of sp³-hybridized carbons (Fsp3) is 0.286. The molecule has 0 spiro atoms. The zero-order valence-electron chi connectivity index (χ0n) is 10.4. The molecule has 0 bridgehead atoms. The Morgan fingerprint density at radius 2 is 1.76 bits per heavy atom. The van der Waals surface area contributed by atoms with Crippen molar-refractivity contribution >= 4 is 0 Å². The standard InChI is InChI=1S/C14H17N3/c1-10-4-5-11(2)13(6-10)14(3,15)12-7-16-9-17-8-12/h4-9H,15H2,1-3H3. The van der Waals surface area contributed by atoms with Crippen LogP contribution < -0.4 is 5.73 Å². The summed E-state index contributed by atoms with van der Waals surface area (Å²) in [5, 5.41) is 0. The summed E-state index contributed by atoms with van der Waals surface area (Å²) in [5.74, 6) is 0. The van der Waals surface area contributed by atoms with E-state index in [0.717, 1.165) is 11.1 Å². The zero-order valence-corrected chi connectivity index (χ0v) is 10.4. The van der Waals surface area contributed by atoms with E-state index >= 15 is 0 Å². The third-order valence-electron chi connectivity index (χ3n) is 3.11. The van der Waals surface area contributed by atoms with Crippen molar-refractivity contribution in [2.24, 2.45) is 5.73 Å². The lowest BCUT2D eigenvalue weighted by atomic mass is 9.84. The Labute approximate surface area is 102 Å². The molecule has 0 aliphatic rings. The van der Waals surface area contributed by atoms with Gasteiger partial charge in [0, 0.05) is 18.0 Å². The molecule has 0 saturated carbocycles. The van der Waals surface area contributed by atoms with Crippen molar-refractivity contribution in [2.75, 3.05) is 0 Å². The number of nitrogens with zero attached hydrogens (tertiary/aromatic N) is 2. The average molecular weight is 227 g/mol. The highest BCUT2D eigenvalue weighted by Gasteiger charge is 2.26. The van der Waals surface area contributed by atoms with E-state index in [-0.39, 0.29) is 0 Å². The number of nitrogens with two attached hydrogens (primary N) is 1. The van der Waals surface area contributed by atoms with Gasteiger partial charge in [-0.15, -0.1) is 0 Å². The molecule has 0 amide bonds. The van der Waals surface area contributed by atoms with Crippen LogP contribution in [0.15, 0.2) is 36.9 Å². The van der Waals surface area contributed by atoms with E-state index in [1.165, 1.54) is 17.5 Å². The molecule has 1 heterocycles. The normalized spacial score (nSPS) is 14.4. The van der Waals surface area contributed by atoms with Crippen LogP contribution in [-0.2, 0) is 5.54 Å². The first-order chi connectivity index (χ1) is 8.01. The van der Waals surface area contributed by atoms with Gasteiger partial charge in [-0.2, -0.15) is 0 Å². The number of benzene rings is 1. The first kappa shape index (κ1) is 11.7. The highest BCUT2D eigenvalue weighted by Crippen LogP contribution is 2.28. The second kappa shape index (κ2) is 4.26. The monoisotopic (exact) mass is 227 g/mol. The predicted octanol–water partition coefficient (Wildman–Crippen LogP) is 2.32. The van der Waals surface area contributed by atoms with Crippen LogP contribution in [0.5, 0.6) is 0 Å². The SMILES string of the molecule is Cc1ccc(C)c(C(C)(N)c2cncnc2)c1. The van der Waals surface area contributed by atoms with Gasteiger partial charge in [0.25, 0.3) is 0 Å². The maximum Gasteiger partial charge on any atom is 0.115 e. The Morgan fingerprint density at radius 1 is 1.12 bits per heavy atom. The van der Waals surface area contributed by atoms with Crippen molar-refractivity contribution in [3.8, 4) is 0 Å². The fourth-order valence-corrected chi connectivity index (χ4v) is 2.02. The summed E-state index contributed by atoms with van der Waals surface area (Å²) in [7, 11) is 0. The number of hydrogen-bond acceptors (Lipinski definition) is 3. The molecule has 0 radical (unpaired) electrons. The molecular weight excluding hydrogens is 210 g/mol. The van der Waals surface area contributed by atoms with Crippen LogP contribution in [0, 0.1) is 13.8 Å². The minimum absolute atomic E-state index is 0.558. The quantitative estimate of drug-likeness (QED) is 0.856. The lowest BCUT2D eigenvalue weighted by Crippen LogP contribution is -2.35. The van der Waals surface area contributed by atoms with Crippen molar-refractivity contribution in [1.29, 1.82) is 0 Å². The molecule has 0 saturated heterocycles. The van der Waals surface area contributed by atoms with E-state index in [2.05, 4.69) is 42.0 Å². The summed E-state index contributed by atoms with van der Waals surface area (Å²) in [6.07, 6.45) is 5.06. The smallest absolute Gasteiger partial charge is 0.115 e. The van der Waals surface area contributed by atoms with Gasteiger partial charge >= 0.3 is 0 Å². The molecule has 1 atom stereocenters. The molecule has 0 aliphatic heterocycles. The fourth-order valence-electron chi connectivity index (χ4n) is 2.02. The molecule has 17 heavy (non-hydrogen) atoms. The van der Waals surface area contributed by atoms with Gasteiger partial charge in [-0.25, -0.2) is 9.97 Å². The van der Waals surface area contributed by atoms with E-state index in [1.54, 1.807) is 12.4 Å². The third-order valence-corrected chi connectivity index (χ3v) is 3.11. The molecule has 0 aliphatic carbocycles. The Kier molecular flexibility index (Phi) is 2.94. The van der Waals surface area contributed by atoms with Crippen LogP contribution in [0.4, 0.5) is 0 Å². The minimum Gasteiger partial charge on any atom is -0.318 e. The van der Waals surface area contributed by atoms with Crippen molar-refractivity contribution in [1.82, 2.24) is 9.97 Å². The van der Waals surface area contributed by atoms with Crippen molar-refractivity contribution < 1.29 is 0 Å². The van der Waals surface area contributed by atoms with Crippen molar-refractivity contribution in [3.63, 3.8) is 0 Å². The summed E-state index contributed by atoms with van der Waals surface area (Å²) in [5.41, 5.74) is 10.3. The summed E-state index contributed by atoms with van der Waals surface area (Å²) in [6, 6.07) is 6.32. The van der Waals surface area contributed by atoms with Crippen LogP contribution in [0.25, 0.3) is 0 Å². The molecule has 2 rings (SSSR count). The Hall–Kier alpha value is -1.74. The highest BCUT2D eigenvalue weighted by atomic mass is 14.8. The predicted molar refractivity (Wildman–Crippen MR) is 68.6 cm³/mol. The number of aryl methyl sites for hydroxylation is 2. The second-order valence-corrected chi connectivity index (χ2v) is 4.65. The lowest BCUT2D eigenvalue weighted by Gasteiger charge is -2.27. The van der Waals surface area contributed by atoms with Gasteiger partial charge < -0.3 is 5.73 Å². The topological polar surface area (TPSA) is 51.8 Å². The van der Waals surface area contributed by atoms with Gasteiger partial charge in [0.2, 0.25) is 0 Å². The molecule has 1 unspecified atom stereocenters. The summed E-state index contributed by atoms with van der Waals surface area (Å²) >= 11 is 0. The molecule has 3 heteroatoms. The average Bonchev–Trinajstić information content (AvgIpc) is 2.33. The number of hydrogen-bond donors (Lipinski definition) is 1. The van der Waals surface area contributed by atoms with E-state index in [0.29, 0.717) is 0 Å². The first-order valence-corrected chi connectivity index (χ1v) is 5.64. The van der Waals surface area contributed by atoms with Crippen molar-refractivity contribution in [3.05, 3.63) is 59.2 Å². The molecule has 2 N–H and O–H groups in total. The van der Waals surface area contributed by atoms with Crippen molar-refractivity contribution in [2.45, 2.75) is 26.3 Å². The first-order valence-electron chi connectivity index (χ1n) is 5.64. The van der Waals surface area contributed by atoms with Crippen LogP contribution >= 0.6 is 0 Å². The second-order valence-electron chi connectivity index (χ2n) is 4.65. The van der Waals surface area contributed by atoms with Crippen LogP contribution in [0.2, 0.25) is 0 Å². The van der Waals surface area contributed by atoms with E-state index < -0.39 is 5.54 Å². The van der Waals surface area contributed by atoms with Crippen LogP contribution in [0.1, 0.15) is 29.2 Å². The minimum atomic E-state index is -0.558. The Bertz CT molecular complexity index is 518. The summed E-state index contributed by atoms with van der Waals surface area (Å²) in [6.45, 7) is 6.14. The molecular formula is C14H17N3. The van der Waals surface area contributed by atoms with Gasteiger partial charge in [-0.05, 0) is 31.9 Å². The van der Waals surface area contributed by atoms with Gasteiger partial charge in [0.05, 0.1) is 5.54 Å². The Balaban J connectivity index is 2.55. The van der Waals surface area contributed by atoms with Crippen LogP contribution in [0.3, 0.4) is 0 Å². The maximum atomic E-state index is 6.45. The molecule has 0 fully saturated rings. The summed E-state index contributed by atoms with van der Waals surface area (Å²) < 4.78 is 0. The maximum absolute atomic E-state index is 6.45. The highest BCUT2D eigenvalue weighted by molar-refractivity contribution is 5.41. The van der Waals surface area contributed by atoms with E-state index in [1.807, 2.05) is 6.92 Å². The Morgan fingerprint density at radius 3 is 2.41 bits per heavy atom. The number of rotatable bonds is 2.